The third-order valence-electron chi connectivity index (χ3n) is 4.83. The number of halogens is 3. The van der Waals surface area contributed by atoms with Crippen LogP contribution in [0.25, 0.3) is 10.9 Å². The molecule has 0 saturated heterocycles. The maximum atomic E-state index is 13.2. The number of carbonyl (C=O) groups excluding carboxylic acids is 2. The SMILES string of the molecule is CCN(CC(=O)Nc1ccccc1C(F)(F)F)C(=O)c1cc(C)nc2ccc(C)cc12. The van der Waals surface area contributed by atoms with Crippen molar-refractivity contribution < 1.29 is 22.8 Å². The van der Waals surface area contributed by atoms with Crippen LogP contribution in [0.4, 0.5) is 18.9 Å². The van der Waals surface area contributed by atoms with Crippen LogP contribution in [0.3, 0.4) is 0 Å². The summed E-state index contributed by atoms with van der Waals surface area (Å²) in [5.41, 5.74) is 1.38. The van der Waals surface area contributed by atoms with E-state index in [1.165, 1.54) is 23.1 Å². The fraction of sp³-hybridized carbons (Fsp3) is 0.261. The van der Waals surface area contributed by atoms with Crippen molar-refractivity contribution in [2.24, 2.45) is 0 Å². The number of para-hydroxylation sites is 1. The van der Waals surface area contributed by atoms with E-state index in [2.05, 4.69) is 10.3 Å². The Morgan fingerprint density at radius 1 is 1.06 bits per heavy atom. The molecular formula is C23H22F3N3O2. The van der Waals surface area contributed by atoms with E-state index >= 15 is 0 Å². The molecule has 3 aromatic rings. The molecule has 0 atom stereocenters. The Labute approximate surface area is 177 Å². The van der Waals surface area contributed by atoms with Gasteiger partial charge in [0.15, 0.2) is 0 Å². The number of pyridine rings is 1. The van der Waals surface area contributed by atoms with Gasteiger partial charge in [-0.1, -0.05) is 23.8 Å². The average Bonchev–Trinajstić information content (AvgIpc) is 2.71. The van der Waals surface area contributed by atoms with Gasteiger partial charge in [0.05, 0.1) is 22.3 Å². The van der Waals surface area contributed by atoms with E-state index in [1.54, 1.807) is 19.9 Å². The number of alkyl halides is 3. The maximum Gasteiger partial charge on any atom is 0.418 e. The predicted molar refractivity (Wildman–Crippen MR) is 113 cm³/mol. The largest absolute Gasteiger partial charge is 0.418 e. The number of aryl methyl sites for hydroxylation is 2. The van der Waals surface area contributed by atoms with E-state index in [0.717, 1.165) is 11.6 Å². The minimum absolute atomic E-state index is 0.210. The standard InChI is InChI=1S/C23H22F3N3O2/c1-4-29(13-21(30)28-20-8-6-5-7-18(20)23(24,25)26)22(31)17-12-15(3)27-19-10-9-14(2)11-16(17)19/h5-12H,4,13H2,1-3H3,(H,28,30). The van der Waals surface area contributed by atoms with Crippen molar-refractivity contribution in [3.8, 4) is 0 Å². The minimum atomic E-state index is -4.60. The van der Waals surface area contributed by atoms with Crippen LogP contribution in [0.5, 0.6) is 0 Å². The Morgan fingerprint density at radius 3 is 2.45 bits per heavy atom. The van der Waals surface area contributed by atoms with Gasteiger partial charge in [0.2, 0.25) is 5.91 Å². The molecule has 0 saturated carbocycles. The van der Waals surface area contributed by atoms with Gasteiger partial charge >= 0.3 is 6.18 Å². The molecule has 0 radical (unpaired) electrons. The molecule has 0 aliphatic rings. The van der Waals surface area contributed by atoms with Gasteiger partial charge in [-0.15, -0.1) is 0 Å². The van der Waals surface area contributed by atoms with Gasteiger partial charge in [-0.2, -0.15) is 13.2 Å². The Hall–Kier alpha value is -3.42. The van der Waals surface area contributed by atoms with Crippen LogP contribution < -0.4 is 5.32 Å². The first-order chi connectivity index (χ1) is 14.6. The highest BCUT2D eigenvalue weighted by atomic mass is 19.4. The van der Waals surface area contributed by atoms with Gasteiger partial charge in [0.1, 0.15) is 6.54 Å². The van der Waals surface area contributed by atoms with E-state index in [-0.39, 0.29) is 24.7 Å². The number of benzene rings is 2. The van der Waals surface area contributed by atoms with Gasteiger partial charge in [-0.25, -0.2) is 0 Å². The van der Waals surface area contributed by atoms with Crippen molar-refractivity contribution in [2.75, 3.05) is 18.4 Å². The molecule has 162 valence electrons. The highest BCUT2D eigenvalue weighted by Gasteiger charge is 2.33. The molecule has 8 heteroatoms. The quantitative estimate of drug-likeness (QED) is 0.623. The fourth-order valence-electron chi connectivity index (χ4n) is 3.35. The second-order valence-electron chi connectivity index (χ2n) is 7.24. The second-order valence-corrected chi connectivity index (χ2v) is 7.24. The summed E-state index contributed by atoms with van der Waals surface area (Å²) in [5, 5.41) is 2.94. The van der Waals surface area contributed by atoms with Gasteiger partial charge in [-0.05, 0) is 51.1 Å². The lowest BCUT2D eigenvalue weighted by molar-refractivity contribution is -0.137. The lowest BCUT2D eigenvalue weighted by Crippen LogP contribution is -2.38. The summed E-state index contributed by atoms with van der Waals surface area (Å²) in [6.07, 6.45) is -4.60. The zero-order valence-corrected chi connectivity index (χ0v) is 17.4. The summed E-state index contributed by atoms with van der Waals surface area (Å²) in [5.74, 6) is -1.10. The highest BCUT2D eigenvalue weighted by molar-refractivity contribution is 6.07. The van der Waals surface area contributed by atoms with Crippen molar-refractivity contribution in [2.45, 2.75) is 26.9 Å². The molecule has 2 aromatic carbocycles. The number of carbonyl (C=O) groups is 2. The highest BCUT2D eigenvalue weighted by Crippen LogP contribution is 2.34. The number of nitrogens with one attached hydrogen (secondary N) is 1. The molecule has 1 aromatic heterocycles. The Bertz CT molecular complexity index is 1140. The minimum Gasteiger partial charge on any atom is -0.330 e. The Balaban J connectivity index is 1.86. The number of aromatic nitrogens is 1. The lowest BCUT2D eigenvalue weighted by atomic mass is 10.0. The summed E-state index contributed by atoms with van der Waals surface area (Å²) in [6, 6.07) is 12.0. The lowest BCUT2D eigenvalue weighted by Gasteiger charge is -2.22. The molecule has 3 rings (SSSR count). The van der Waals surface area contributed by atoms with Gasteiger partial charge < -0.3 is 10.2 Å². The van der Waals surface area contributed by atoms with Gasteiger partial charge in [0, 0.05) is 17.6 Å². The second kappa shape index (κ2) is 8.75. The zero-order chi connectivity index (χ0) is 22.8. The topological polar surface area (TPSA) is 62.3 Å². The normalized spacial score (nSPS) is 11.4. The smallest absolute Gasteiger partial charge is 0.330 e. The number of likely N-dealkylation sites (N-methyl/N-ethyl adjacent to an activating group) is 1. The van der Waals surface area contributed by atoms with E-state index in [0.29, 0.717) is 22.2 Å². The molecule has 2 amide bonds. The number of fused-ring (bicyclic) bond motifs is 1. The van der Waals surface area contributed by atoms with Crippen LogP contribution in [0, 0.1) is 13.8 Å². The van der Waals surface area contributed by atoms with E-state index in [9.17, 15) is 22.8 Å². The van der Waals surface area contributed by atoms with Crippen LogP contribution in [0.15, 0.2) is 48.5 Å². The van der Waals surface area contributed by atoms with Crippen molar-refractivity contribution >= 4 is 28.4 Å². The van der Waals surface area contributed by atoms with Gasteiger partial charge in [-0.3, -0.25) is 14.6 Å². The number of anilines is 1. The maximum absolute atomic E-state index is 13.2. The van der Waals surface area contributed by atoms with Crippen LogP contribution >= 0.6 is 0 Å². The molecule has 0 fully saturated rings. The molecule has 0 aliphatic carbocycles. The summed E-state index contributed by atoms with van der Waals surface area (Å²) in [4.78, 5) is 31.4. The molecule has 0 unspecified atom stereocenters. The van der Waals surface area contributed by atoms with Crippen molar-refractivity contribution in [3.05, 3.63) is 70.9 Å². The number of rotatable bonds is 5. The Kier molecular flexibility index (Phi) is 6.29. The molecule has 5 nitrogen and oxygen atoms in total. The van der Waals surface area contributed by atoms with E-state index < -0.39 is 17.6 Å². The Morgan fingerprint density at radius 2 is 1.77 bits per heavy atom. The van der Waals surface area contributed by atoms with Crippen LogP contribution in [-0.2, 0) is 11.0 Å². The average molecular weight is 429 g/mol. The first-order valence-corrected chi connectivity index (χ1v) is 9.73. The van der Waals surface area contributed by atoms with Crippen molar-refractivity contribution in [1.82, 2.24) is 9.88 Å². The number of hydrogen-bond donors (Lipinski definition) is 1. The first-order valence-electron chi connectivity index (χ1n) is 9.73. The van der Waals surface area contributed by atoms with Crippen LogP contribution in [0.1, 0.15) is 34.1 Å². The molecule has 1 heterocycles. The third kappa shape index (κ3) is 5.02. The first kappa shape index (κ1) is 22.3. The van der Waals surface area contributed by atoms with Crippen LogP contribution in [-0.4, -0.2) is 34.8 Å². The third-order valence-corrected chi connectivity index (χ3v) is 4.83. The van der Waals surface area contributed by atoms with E-state index in [1.807, 2.05) is 25.1 Å². The molecule has 0 spiro atoms. The number of nitrogens with zero attached hydrogens (tertiary/aromatic N) is 2. The van der Waals surface area contributed by atoms with Gasteiger partial charge in [0.25, 0.3) is 5.91 Å². The molecule has 1 N–H and O–H groups in total. The van der Waals surface area contributed by atoms with Crippen LogP contribution in [0.2, 0.25) is 0 Å². The number of amides is 2. The molecular weight excluding hydrogens is 407 g/mol. The summed E-state index contributed by atoms with van der Waals surface area (Å²) in [7, 11) is 0. The number of hydrogen-bond acceptors (Lipinski definition) is 3. The summed E-state index contributed by atoms with van der Waals surface area (Å²) >= 11 is 0. The van der Waals surface area contributed by atoms with Crippen molar-refractivity contribution in [3.63, 3.8) is 0 Å². The molecule has 31 heavy (non-hydrogen) atoms. The summed E-state index contributed by atoms with van der Waals surface area (Å²) in [6.45, 7) is 5.21. The van der Waals surface area contributed by atoms with Crippen molar-refractivity contribution in [1.29, 1.82) is 0 Å². The van der Waals surface area contributed by atoms with E-state index in [4.69, 9.17) is 0 Å². The molecule has 0 aliphatic heterocycles. The molecule has 0 bridgehead atoms. The monoisotopic (exact) mass is 429 g/mol. The predicted octanol–water partition coefficient (Wildman–Crippen LogP) is 4.97. The fourth-order valence-corrected chi connectivity index (χ4v) is 3.35. The summed E-state index contributed by atoms with van der Waals surface area (Å²) < 4.78 is 39.5. The zero-order valence-electron chi connectivity index (χ0n) is 17.4.